The molecule has 0 aliphatic rings. The van der Waals surface area contributed by atoms with Crippen LogP contribution in [0.2, 0.25) is 0 Å². The Morgan fingerprint density at radius 3 is 2.44 bits per heavy atom. The molecule has 8 heteroatoms. The molecule has 1 amide bonds. The number of thiazole rings is 1. The summed E-state index contributed by atoms with van der Waals surface area (Å²) in [5.41, 5.74) is 2.87. The van der Waals surface area contributed by atoms with Crippen molar-refractivity contribution in [2.24, 2.45) is 0 Å². The molecule has 1 unspecified atom stereocenters. The molecule has 0 aliphatic heterocycles. The zero-order chi connectivity index (χ0) is 19.4. The molecule has 0 bridgehead atoms. The molecular formula is C19H20N2O3S3. The van der Waals surface area contributed by atoms with Crippen molar-refractivity contribution in [3.05, 3.63) is 68.3 Å². The molecule has 3 aromatic rings. The van der Waals surface area contributed by atoms with Gasteiger partial charge >= 0.3 is 0 Å². The maximum atomic E-state index is 12.6. The molecule has 1 aromatic carbocycles. The van der Waals surface area contributed by atoms with Gasteiger partial charge < -0.3 is 5.32 Å². The summed E-state index contributed by atoms with van der Waals surface area (Å²) in [6, 6.07) is 8.29. The number of nitrogens with zero attached hydrogens (tertiary/aromatic N) is 1. The van der Waals surface area contributed by atoms with Crippen molar-refractivity contribution in [1.29, 1.82) is 0 Å². The largest absolute Gasteiger partial charge is 0.346 e. The third-order valence-electron chi connectivity index (χ3n) is 4.01. The predicted octanol–water partition coefficient (Wildman–Crippen LogP) is 3.56. The number of aromatic nitrogens is 1. The monoisotopic (exact) mass is 420 g/mol. The van der Waals surface area contributed by atoms with Gasteiger partial charge in [-0.15, -0.1) is 11.3 Å². The smallest absolute Gasteiger partial charge is 0.224 e. The van der Waals surface area contributed by atoms with Crippen molar-refractivity contribution in [1.82, 2.24) is 10.3 Å². The number of hydrogen-bond acceptors (Lipinski definition) is 6. The highest BCUT2D eigenvalue weighted by atomic mass is 32.2. The third-order valence-corrected chi connectivity index (χ3v) is 6.94. The number of nitrogens with one attached hydrogen (secondary N) is 1. The van der Waals surface area contributed by atoms with Crippen LogP contribution < -0.4 is 5.32 Å². The van der Waals surface area contributed by atoms with Crippen LogP contribution in [-0.4, -0.2) is 25.6 Å². The van der Waals surface area contributed by atoms with E-state index in [4.69, 9.17) is 0 Å². The number of amides is 1. The van der Waals surface area contributed by atoms with Gasteiger partial charge in [0.15, 0.2) is 9.84 Å². The van der Waals surface area contributed by atoms with Crippen molar-refractivity contribution in [2.75, 3.05) is 6.26 Å². The zero-order valence-electron chi connectivity index (χ0n) is 15.0. The van der Waals surface area contributed by atoms with Crippen LogP contribution >= 0.6 is 22.7 Å². The molecule has 0 saturated carbocycles. The Hall–Kier alpha value is -2.03. The molecule has 142 valence electrons. The van der Waals surface area contributed by atoms with Gasteiger partial charge in [0, 0.05) is 23.8 Å². The quantitative estimate of drug-likeness (QED) is 0.634. The Morgan fingerprint density at radius 1 is 1.15 bits per heavy atom. The van der Waals surface area contributed by atoms with Crippen LogP contribution in [0.4, 0.5) is 0 Å². The molecule has 27 heavy (non-hydrogen) atoms. The summed E-state index contributed by atoms with van der Waals surface area (Å²) in [7, 11) is -3.24. The van der Waals surface area contributed by atoms with Gasteiger partial charge in [0.2, 0.25) is 5.91 Å². The van der Waals surface area contributed by atoms with Gasteiger partial charge in [0.05, 0.1) is 17.4 Å². The average Bonchev–Trinajstić information content (AvgIpc) is 3.25. The van der Waals surface area contributed by atoms with Crippen LogP contribution in [0.1, 0.15) is 27.9 Å². The van der Waals surface area contributed by atoms with E-state index < -0.39 is 9.84 Å². The van der Waals surface area contributed by atoms with Crippen LogP contribution in [0.15, 0.2) is 51.4 Å². The van der Waals surface area contributed by atoms with E-state index in [-0.39, 0.29) is 23.3 Å². The van der Waals surface area contributed by atoms with Crippen LogP contribution in [0.25, 0.3) is 0 Å². The predicted molar refractivity (Wildman–Crippen MR) is 109 cm³/mol. The first-order chi connectivity index (χ1) is 12.8. The first-order valence-electron chi connectivity index (χ1n) is 8.33. The molecular weight excluding hydrogens is 400 g/mol. The van der Waals surface area contributed by atoms with E-state index in [1.165, 1.54) is 18.4 Å². The van der Waals surface area contributed by atoms with Crippen molar-refractivity contribution in [2.45, 2.75) is 30.7 Å². The molecule has 1 atom stereocenters. The van der Waals surface area contributed by atoms with E-state index in [2.05, 4.69) is 15.7 Å². The number of rotatable bonds is 7. The standard InChI is InChI=1S/C19H20N2O3S3/c1-13-11-26-19(20-13)17(9-15-7-8-25-12-15)21-18(22)10-14-3-5-16(6-4-14)27(2,23)24/h3-8,11-12,17H,9-10H2,1-2H3,(H,21,22). The summed E-state index contributed by atoms with van der Waals surface area (Å²) in [5, 5.41) is 10.0. The summed E-state index contributed by atoms with van der Waals surface area (Å²) >= 11 is 3.17. The maximum Gasteiger partial charge on any atom is 0.224 e. The van der Waals surface area contributed by atoms with E-state index in [1.807, 2.05) is 23.8 Å². The normalized spacial score (nSPS) is 12.7. The third kappa shape index (κ3) is 5.47. The first-order valence-corrected chi connectivity index (χ1v) is 12.0. The number of hydrogen-bond donors (Lipinski definition) is 1. The number of sulfone groups is 1. The molecule has 2 heterocycles. The van der Waals surface area contributed by atoms with Crippen LogP contribution in [0, 0.1) is 6.92 Å². The highest BCUT2D eigenvalue weighted by molar-refractivity contribution is 7.90. The number of aryl methyl sites for hydroxylation is 1. The van der Waals surface area contributed by atoms with Gasteiger partial charge in [-0.1, -0.05) is 12.1 Å². The minimum Gasteiger partial charge on any atom is -0.346 e. The molecule has 0 radical (unpaired) electrons. The summed E-state index contributed by atoms with van der Waals surface area (Å²) in [6.07, 6.45) is 2.05. The number of benzene rings is 1. The topological polar surface area (TPSA) is 76.1 Å². The SMILES string of the molecule is Cc1csc(C(Cc2ccsc2)NC(=O)Cc2ccc(S(C)(=O)=O)cc2)n1. The van der Waals surface area contributed by atoms with Gasteiger partial charge in [-0.2, -0.15) is 11.3 Å². The molecule has 2 aromatic heterocycles. The highest BCUT2D eigenvalue weighted by Crippen LogP contribution is 2.23. The van der Waals surface area contributed by atoms with E-state index >= 15 is 0 Å². The van der Waals surface area contributed by atoms with E-state index in [0.717, 1.165) is 21.8 Å². The lowest BCUT2D eigenvalue weighted by Gasteiger charge is -2.16. The Bertz CT molecular complexity index is 1010. The molecule has 0 fully saturated rings. The second-order valence-electron chi connectivity index (χ2n) is 6.38. The zero-order valence-corrected chi connectivity index (χ0v) is 17.5. The van der Waals surface area contributed by atoms with Crippen LogP contribution in [0.3, 0.4) is 0 Å². The lowest BCUT2D eigenvalue weighted by atomic mass is 10.1. The lowest BCUT2D eigenvalue weighted by molar-refractivity contribution is -0.121. The summed E-state index contributed by atoms with van der Waals surface area (Å²) in [5.74, 6) is -0.116. The number of carbonyl (C=O) groups excluding carboxylic acids is 1. The first kappa shape index (κ1) is 19.7. The van der Waals surface area contributed by atoms with Gasteiger partial charge in [-0.25, -0.2) is 13.4 Å². The van der Waals surface area contributed by atoms with Gasteiger partial charge in [0.1, 0.15) is 5.01 Å². The molecule has 3 rings (SSSR count). The molecule has 0 spiro atoms. The average molecular weight is 421 g/mol. The maximum absolute atomic E-state index is 12.6. The van der Waals surface area contributed by atoms with Crippen molar-refractivity contribution in [3.8, 4) is 0 Å². The molecule has 0 saturated heterocycles. The van der Waals surface area contributed by atoms with Gasteiger partial charge in [0.25, 0.3) is 0 Å². The van der Waals surface area contributed by atoms with E-state index in [1.54, 1.807) is 34.8 Å². The summed E-state index contributed by atoms with van der Waals surface area (Å²) in [4.78, 5) is 17.3. The Kier molecular flexibility index (Phi) is 6.08. The Morgan fingerprint density at radius 2 is 1.89 bits per heavy atom. The van der Waals surface area contributed by atoms with E-state index in [0.29, 0.717) is 6.42 Å². The van der Waals surface area contributed by atoms with Crippen molar-refractivity contribution in [3.63, 3.8) is 0 Å². The molecule has 0 aliphatic carbocycles. The molecule has 5 nitrogen and oxygen atoms in total. The summed E-state index contributed by atoms with van der Waals surface area (Å²) in [6.45, 7) is 1.94. The Labute approximate surface area is 167 Å². The molecule has 1 N–H and O–H groups in total. The Balaban J connectivity index is 1.70. The summed E-state index contributed by atoms with van der Waals surface area (Å²) < 4.78 is 23.1. The van der Waals surface area contributed by atoms with Gasteiger partial charge in [-0.3, -0.25) is 4.79 Å². The van der Waals surface area contributed by atoms with E-state index in [9.17, 15) is 13.2 Å². The fourth-order valence-corrected chi connectivity index (χ4v) is 4.82. The number of carbonyl (C=O) groups is 1. The van der Waals surface area contributed by atoms with Crippen molar-refractivity contribution < 1.29 is 13.2 Å². The lowest BCUT2D eigenvalue weighted by Crippen LogP contribution is -2.31. The number of thiophene rings is 1. The minimum atomic E-state index is -3.24. The highest BCUT2D eigenvalue weighted by Gasteiger charge is 2.19. The van der Waals surface area contributed by atoms with Crippen LogP contribution in [-0.2, 0) is 27.5 Å². The second kappa shape index (κ2) is 8.33. The van der Waals surface area contributed by atoms with Crippen molar-refractivity contribution >= 4 is 38.4 Å². The minimum absolute atomic E-state index is 0.116. The van der Waals surface area contributed by atoms with Gasteiger partial charge in [-0.05, 0) is 47.0 Å². The fraction of sp³-hybridized carbons (Fsp3) is 0.263. The second-order valence-corrected chi connectivity index (χ2v) is 10.1. The van der Waals surface area contributed by atoms with Crippen LogP contribution in [0.5, 0.6) is 0 Å². The fourth-order valence-electron chi connectivity index (χ4n) is 2.66.